The number of benzene rings is 1. The van der Waals surface area contributed by atoms with Crippen molar-refractivity contribution in [2.24, 2.45) is 11.3 Å². The van der Waals surface area contributed by atoms with Gasteiger partial charge in [-0.3, -0.25) is 4.79 Å². The lowest BCUT2D eigenvalue weighted by Crippen LogP contribution is -2.48. The lowest BCUT2D eigenvalue weighted by Gasteiger charge is -2.49. The summed E-state index contributed by atoms with van der Waals surface area (Å²) in [5, 5.41) is 0. The maximum absolute atomic E-state index is 13.4. The van der Waals surface area contributed by atoms with Crippen molar-refractivity contribution in [3.8, 4) is 0 Å². The van der Waals surface area contributed by atoms with Gasteiger partial charge < -0.3 is 0 Å². The molecule has 0 aliphatic heterocycles. The topological polar surface area (TPSA) is 17.1 Å². The molecule has 1 aliphatic rings. The van der Waals surface area contributed by atoms with Gasteiger partial charge >= 0.3 is 0 Å². The van der Waals surface area contributed by atoms with Gasteiger partial charge in [-0.15, -0.1) is 0 Å². The number of ketones is 1. The van der Waals surface area contributed by atoms with Gasteiger partial charge in [0.15, 0.2) is 5.78 Å². The Morgan fingerprint density at radius 3 is 1.85 bits per heavy atom. The van der Waals surface area contributed by atoms with E-state index < -0.39 is 8.07 Å². The van der Waals surface area contributed by atoms with Crippen LogP contribution in [-0.4, -0.2) is 13.9 Å². The monoisotopic (exact) mass is 384 g/mol. The zero-order chi connectivity index (χ0) is 20.6. The average Bonchev–Trinajstić information content (AvgIpc) is 2.52. The maximum atomic E-state index is 13.4. The summed E-state index contributed by atoms with van der Waals surface area (Å²) in [6.07, 6.45) is 1.11. The number of Topliss-reactive ketones (excluding diaryl/α,β-unsaturated/α-hetero) is 1. The minimum Gasteiger partial charge on any atom is -0.289 e. The van der Waals surface area contributed by atoms with Crippen LogP contribution in [0.15, 0.2) is 41.5 Å². The van der Waals surface area contributed by atoms with Crippen LogP contribution in [0.4, 0.5) is 0 Å². The third-order valence-electron chi connectivity index (χ3n) is 7.19. The Kier molecular flexibility index (Phi) is 6.62. The van der Waals surface area contributed by atoms with Crippen molar-refractivity contribution in [2.45, 2.75) is 91.4 Å². The largest absolute Gasteiger partial charge is 0.289 e. The normalized spacial score (nSPS) is 18.4. The molecule has 0 fully saturated rings. The van der Waals surface area contributed by atoms with Gasteiger partial charge in [-0.05, 0) is 23.8 Å². The summed E-state index contributed by atoms with van der Waals surface area (Å²) in [5.74, 6) is 0.724. The molecule has 1 aromatic carbocycles. The Hall–Kier alpha value is -1.15. The maximum Gasteiger partial charge on any atom is 0.189 e. The van der Waals surface area contributed by atoms with E-state index in [-0.39, 0.29) is 11.2 Å². The molecule has 1 aliphatic carbocycles. The van der Waals surface area contributed by atoms with Crippen LogP contribution in [-0.2, 0) is 0 Å². The number of allylic oxidation sites excluding steroid dienone is 2. The number of hydrogen-bond donors (Lipinski definition) is 0. The third kappa shape index (κ3) is 4.16. The minimum absolute atomic E-state index is 0.0774. The fourth-order valence-corrected chi connectivity index (χ4v) is 12.3. The van der Waals surface area contributed by atoms with Crippen LogP contribution in [0.1, 0.15) is 79.1 Å². The van der Waals surface area contributed by atoms with E-state index in [0.29, 0.717) is 5.92 Å². The fraction of sp³-hybridized carbons (Fsp3) is 0.640. The van der Waals surface area contributed by atoms with Gasteiger partial charge in [0.2, 0.25) is 0 Å². The molecular formula is C25H40OSi. The first-order valence-electron chi connectivity index (χ1n) is 10.8. The highest BCUT2D eigenvalue weighted by Gasteiger charge is 2.48. The van der Waals surface area contributed by atoms with Crippen LogP contribution >= 0.6 is 0 Å². The highest BCUT2D eigenvalue weighted by Crippen LogP contribution is 2.54. The van der Waals surface area contributed by atoms with Crippen molar-refractivity contribution in [1.82, 2.24) is 0 Å². The molecule has 2 heteroatoms. The molecule has 1 atom stereocenters. The Morgan fingerprint density at radius 2 is 1.44 bits per heavy atom. The molecule has 150 valence electrons. The summed E-state index contributed by atoms with van der Waals surface area (Å²) in [7, 11) is -1.52. The molecule has 0 aromatic heterocycles. The standard InChI is InChI=1S/C25H40OSi/c1-17(2)27(18(3)4,19(5)6)16-21-15-22(25(7,8)9)23(21)24(26)20-13-11-10-12-14-20/h10-14,17-19,21H,15-16H2,1-9H3. The van der Waals surface area contributed by atoms with Crippen molar-refractivity contribution in [3.63, 3.8) is 0 Å². The van der Waals surface area contributed by atoms with Crippen LogP contribution in [0.5, 0.6) is 0 Å². The summed E-state index contributed by atoms with van der Waals surface area (Å²) >= 11 is 0. The van der Waals surface area contributed by atoms with Crippen molar-refractivity contribution >= 4 is 13.9 Å². The first-order valence-corrected chi connectivity index (χ1v) is 13.2. The zero-order valence-electron chi connectivity index (χ0n) is 19.0. The summed E-state index contributed by atoms with van der Waals surface area (Å²) in [6.45, 7) is 21.3. The van der Waals surface area contributed by atoms with E-state index in [1.807, 2.05) is 30.3 Å². The second-order valence-electron chi connectivity index (χ2n) is 10.5. The quantitative estimate of drug-likeness (QED) is 0.345. The van der Waals surface area contributed by atoms with E-state index in [9.17, 15) is 4.79 Å². The summed E-state index contributed by atoms with van der Waals surface area (Å²) in [5.41, 5.74) is 5.68. The van der Waals surface area contributed by atoms with Crippen molar-refractivity contribution in [2.75, 3.05) is 0 Å². The molecule has 0 radical (unpaired) electrons. The van der Waals surface area contributed by atoms with E-state index in [1.54, 1.807) is 0 Å². The highest BCUT2D eigenvalue weighted by molar-refractivity contribution is 6.83. The lowest BCUT2D eigenvalue weighted by molar-refractivity contribution is 0.100. The Labute approximate surface area is 168 Å². The SMILES string of the molecule is CC(C)[Si](CC1CC(C(C)(C)C)=C1C(=O)c1ccccc1)(C(C)C)C(C)C. The molecule has 2 rings (SSSR count). The third-order valence-corrected chi connectivity index (χ3v) is 14.8. The van der Waals surface area contributed by atoms with E-state index in [2.05, 4.69) is 62.3 Å². The lowest BCUT2D eigenvalue weighted by atomic mass is 9.65. The molecule has 27 heavy (non-hydrogen) atoms. The van der Waals surface area contributed by atoms with Gasteiger partial charge in [0, 0.05) is 11.1 Å². The number of hydrogen-bond acceptors (Lipinski definition) is 1. The molecule has 1 nitrogen and oxygen atoms in total. The molecule has 0 amide bonds. The summed E-state index contributed by atoms with van der Waals surface area (Å²) in [4.78, 5) is 13.4. The van der Waals surface area contributed by atoms with Gasteiger partial charge in [-0.2, -0.15) is 0 Å². The van der Waals surface area contributed by atoms with Gasteiger partial charge in [0.25, 0.3) is 0 Å². The predicted molar refractivity (Wildman–Crippen MR) is 121 cm³/mol. The first kappa shape index (κ1) is 22.1. The molecule has 0 saturated carbocycles. The average molecular weight is 385 g/mol. The predicted octanol–water partition coefficient (Wildman–Crippen LogP) is 7.91. The minimum atomic E-state index is -1.52. The van der Waals surface area contributed by atoms with E-state index in [1.165, 1.54) is 11.6 Å². The smallest absolute Gasteiger partial charge is 0.189 e. The first-order chi connectivity index (χ1) is 12.4. The van der Waals surface area contributed by atoms with Crippen LogP contribution in [0.3, 0.4) is 0 Å². The number of carbonyl (C=O) groups is 1. The second kappa shape index (κ2) is 8.07. The molecule has 0 saturated heterocycles. The van der Waals surface area contributed by atoms with Crippen molar-refractivity contribution in [1.29, 1.82) is 0 Å². The molecule has 0 bridgehead atoms. The Morgan fingerprint density at radius 1 is 0.963 bits per heavy atom. The van der Waals surface area contributed by atoms with Gasteiger partial charge in [-0.25, -0.2) is 0 Å². The summed E-state index contributed by atoms with van der Waals surface area (Å²) in [6, 6.07) is 11.2. The second-order valence-corrected chi connectivity index (χ2v) is 16.6. The van der Waals surface area contributed by atoms with E-state index in [0.717, 1.165) is 34.2 Å². The van der Waals surface area contributed by atoms with Crippen molar-refractivity contribution < 1.29 is 4.79 Å². The van der Waals surface area contributed by atoms with Crippen molar-refractivity contribution in [3.05, 3.63) is 47.0 Å². The van der Waals surface area contributed by atoms with E-state index >= 15 is 0 Å². The number of carbonyl (C=O) groups excluding carboxylic acids is 1. The van der Waals surface area contributed by atoms with Crippen LogP contribution < -0.4 is 0 Å². The van der Waals surface area contributed by atoms with Gasteiger partial charge in [-0.1, -0.05) is 115 Å². The Balaban J connectivity index is 2.46. The number of rotatable bonds is 7. The van der Waals surface area contributed by atoms with Gasteiger partial charge in [0.1, 0.15) is 0 Å². The van der Waals surface area contributed by atoms with Gasteiger partial charge in [0.05, 0.1) is 8.07 Å². The molecule has 0 heterocycles. The fourth-order valence-electron chi connectivity index (χ4n) is 5.66. The molecular weight excluding hydrogens is 344 g/mol. The van der Waals surface area contributed by atoms with Crippen LogP contribution in [0.25, 0.3) is 0 Å². The summed E-state index contributed by atoms with van der Waals surface area (Å²) < 4.78 is 0. The Bertz CT molecular complexity index is 667. The zero-order valence-corrected chi connectivity index (χ0v) is 20.0. The molecule has 1 aromatic rings. The molecule has 0 spiro atoms. The van der Waals surface area contributed by atoms with Crippen LogP contribution in [0.2, 0.25) is 22.7 Å². The molecule has 1 unspecified atom stereocenters. The van der Waals surface area contributed by atoms with E-state index in [4.69, 9.17) is 0 Å². The highest BCUT2D eigenvalue weighted by atomic mass is 28.3. The van der Waals surface area contributed by atoms with Crippen LogP contribution in [0, 0.1) is 11.3 Å². The molecule has 0 N–H and O–H groups in total.